The molecule has 29 nitrogen and oxygen atoms in total. The number of carboxylic acid groups (broad SMARTS) is 2. The largest absolute Gasteiger partial charge is 0.481 e. The minimum atomic E-state index is -1.12. The van der Waals surface area contributed by atoms with E-state index in [0.29, 0.717) is 118 Å². The van der Waals surface area contributed by atoms with Gasteiger partial charge in [-0.15, -0.1) is 0 Å². The van der Waals surface area contributed by atoms with Crippen LogP contribution in [-0.4, -0.2) is 324 Å². The summed E-state index contributed by atoms with van der Waals surface area (Å²) in [5, 5.41) is 23.0. The van der Waals surface area contributed by atoms with Gasteiger partial charge in [0.15, 0.2) is 0 Å². The molecule has 3 N–H and O–H groups in total. The summed E-state index contributed by atoms with van der Waals surface area (Å²) in [4.78, 5) is 142. The first kappa shape index (κ1) is 84.6. The van der Waals surface area contributed by atoms with Gasteiger partial charge in [-0.1, -0.05) is 0 Å². The fraction of sp³-hybridized carbons (Fsp3) is 0.851. The highest BCUT2D eigenvalue weighted by atomic mass is 16.6. The third-order valence-electron chi connectivity index (χ3n) is 15.3. The number of aliphatic carboxylic acids is 2. The van der Waals surface area contributed by atoms with Crippen molar-refractivity contribution < 1.29 is 96.1 Å². The average molecular weight is 1370 g/mol. The zero-order valence-corrected chi connectivity index (χ0v) is 61.5. The normalized spacial score (nSPS) is 23.4. The number of nitrogens with one attached hydrogen (secondary N) is 1. The molecule has 4 fully saturated rings. The highest BCUT2D eigenvalue weighted by Gasteiger charge is 2.47. The van der Waals surface area contributed by atoms with Crippen LogP contribution in [0.1, 0.15) is 151 Å². The molecule has 0 unspecified atom stereocenters. The first-order valence-corrected chi connectivity index (χ1v) is 33.7. The summed E-state index contributed by atoms with van der Waals surface area (Å²) < 4.78 is 44.8. The maximum Gasteiger partial charge on any atom is 0.324 e. The Morgan fingerprint density at radius 1 is 0.354 bits per heavy atom. The quantitative estimate of drug-likeness (QED) is 0.131. The van der Waals surface area contributed by atoms with Gasteiger partial charge in [0.2, 0.25) is 0 Å². The van der Waals surface area contributed by atoms with Crippen molar-refractivity contribution in [2.45, 2.75) is 215 Å². The van der Waals surface area contributed by atoms with E-state index in [1.165, 1.54) is 13.8 Å². The van der Waals surface area contributed by atoms with Crippen LogP contribution in [0.15, 0.2) is 0 Å². The van der Waals surface area contributed by atoms with E-state index in [-0.39, 0.29) is 57.8 Å². The molecule has 3 aliphatic heterocycles. The van der Waals surface area contributed by atoms with Crippen LogP contribution in [0.4, 0.5) is 0 Å². The summed E-state index contributed by atoms with van der Waals surface area (Å²) >= 11 is 0. The standard InChI is InChI=1S/C34H60N4O10.C33H59N5O10/c1-24(39)45-26-12-11-25(31(43)44)30(26)38-19-17-36(22-28(41)47-33(5,6)7)15-13-35(21-27(40)46-32(2,3)4)14-16-37(18-20-38)23-29(42)48-34(8,9)10;1-23(39)45-29-24(19-34-28(29)30(43)44)38-17-15-36(21-26(41)47-32(5,6)7)13-11-35(20-25(40)46-31(2,3)4)12-14-37(16-18-38)22-27(42)48-33(8,9)10/h25-26,30H,11-23H2,1-10H3,(H,43,44);24,28-29,34H,11-22H2,1-10H3,(H,43,44)/t25-,26-,30-;24-,28+,29+/m01/s1. The Morgan fingerprint density at radius 2 is 0.604 bits per heavy atom. The lowest BCUT2D eigenvalue weighted by Crippen LogP contribution is -2.54. The van der Waals surface area contributed by atoms with Crippen LogP contribution >= 0.6 is 0 Å². The van der Waals surface area contributed by atoms with Gasteiger partial charge >= 0.3 is 59.7 Å². The molecule has 0 aromatic rings. The molecule has 4 aliphatic rings. The minimum Gasteiger partial charge on any atom is -0.481 e. The van der Waals surface area contributed by atoms with Gasteiger partial charge in [0.25, 0.3) is 0 Å². The molecule has 0 radical (unpaired) electrons. The number of carbonyl (C=O) groups is 10. The maximum absolute atomic E-state index is 13.0. The number of rotatable bonds is 18. The van der Waals surface area contributed by atoms with Gasteiger partial charge in [-0.05, 0) is 137 Å². The van der Waals surface area contributed by atoms with Gasteiger partial charge in [-0.25, -0.2) is 0 Å². The van der Waals surface area contributed by atoms with Crippen molar-refractivity contribution in [1.82, 2.24) is 44.5 Å². The number of carboxylic acids is 2. The van der Waals surface area contributed by atoms with E-state index in [0.717, 1.165) is 0 Å². The SMILES string of the molecule is CC(=O)O[C@@H]1[C@@H](C(=O)O)NC[C@H]1N1CCN(CC(=O)OC(C)(C)C)CCN(CC(=O)OC(C)(C)C)CCN(CC(=O)OC(C)(C)C)CC1.CC(=O)O[C@H]1CC[C@H](C(=O)O)[C@@H]1N1CCN(CC(=O)OC(C)(C)C)CCN(CC(=O)OC(C)(C)C)CCN(CC(=O)OC(C)(C)C)CC1. The zero-order chi connectivity index (χ0) is 72.9. The summed E-state index contributed by atoms with van der Waals surface area (Å²) in [6.07, 6.45) is -0.784. The number of hydrogen-bond donors (Lipinski definition) is 3. The molecule has 1 saturated carbocycles. The van der Waals surface area contributed by atoms with E-state index >= 15 is 0 Å². The molecule has 3 heterocycles. The Bertz CT molecular complexity index is 2480. The van der Waals surface area contributed by atoms with Crippen molar-refractivity contribution in [3.63, 3.8) is 0 Å². The lowest BCUT2D eigenvalue weighted by Gasteiger charge is -2.38. The zero-order valence-electron chi connectivity index (χ0n) is 61.5. The smallest absolute Gasteiger partial charge is 0.324 e. The van der Waals surface area contributed by atoms with Crippen molar-refractivity contribution in [3.05, 3.63) is 0 Å². The van der Waals surface area contributed by atoms with E-state index < -0.39 is 118 Å². The van der Waals surface area contributed by atoms with Crippen molar-refractivity contribution in [1.29, 1.82) is 0 Å². The van der Waals surface area contributed by atoms with Crippen molar-refractivity contribution in [2.24, 2.45) is 5.92 Å². The molecule has 0 aromatic heterocycles. The van der Waals surface area contributed by atoms with Crippen LogP contribution in [0, 0.1) is 5.92 Å². The van der Waals surface area contributed by atoms with Crippen LogP contribution in [-0.2, 0) is 85.8 Å². The molecular weight excluding hydrogens is 1250 g/mol. The number of carbonyl (C=O) groups excluding carboxylic acids is 8. The van der Waals surface area contributed by atoms with Gasteiger partial charge < -0.3 is 48.1 Å². The Morgan fingerprint density at radius 3 is 0.833 bits per heavy atom. The third kappa shape index (κ3) is 35.2. The maximum atomic E-state index is 13.0. The van der Waals surface area contributed by atoms with Crippen LogP contribution in [0.25, 0.3) is 0 Å². The molecule has 3 saturated heterocycles. The predicted octanol–water partition coefficient (Wildman–Crippen LogP) is 2.62. The predicted molar refractivity (Wildman–Crippen MR) is 355 cm³/mol. The van der Waals surface area contributed by atoms with Gasteiger partial charge in [0.05, 0.1) is 57.3 Å². The van der Waals surface area contributed by atoms with E-state index in [1.54, 1.807) is 83.1 Å². The van der Waals surface area contributed by atoms with E-state index in [9.17, 15) is 58.2 Å². The van der Waals surface area contributed by atoms with E-state index in [4.69, 9.17) is 37.9 Å². The molecule has 4 rings (SSSR count). The lowest BCUT2D eigenvalue weighted by atomic mass is 10.0. The first-order valence-electron chi connectivity index (χ1n) is 33.7. The molecule has 0 bridgehead atoms. The monoisotopic (exact) mass is 1370 g/mol. The number of ether oxygens (including phenoxy) is 8. The number of hydrogen-bond acceptors (Lipinski definition) is 27. The third-order valence-corrected chi connectivity index (χ3v) is 15.3. The summed E-state index contributed by atoms with van der Waals surface area (Å²) in [6, 6.07) is -2.16. The van der Waals surface area contributed by atoms with Crippen molar-refractivity contribution in [3.8, 4) is 0 Å². The van der Waals surface area contributed by atoms with E-state index in [1.807, 2.05) is 80.7 Å². The second-order valence-electron chi connectivity index (χ2n) is 31.3. The van der Waals surface area contributed by atoms with Gasteiger partial charge in [-0.2, -0.15) is 0 Å². The number of esters is 8. The second kappa shape index (κ2) is 37.5. The fourth-order valence-corrected chi connectivity index (χ4v) is 11.7. The van der Waals surface area contributed by atoms with Gasteiger partial charge in [0.1, 0.15) is 51.9 Å². The lowest BCUT2D eigenvalue weighted by molar-refractivity contribution is -0.159. The van der Waals surface area contributed by atoms with Crippen LogP contribution < -0.4 is 5.32 Å². The molecule has 0 amide bonds. The highest BCUT2D eigenvalue weighted by Crippen LogP contribution is 2.33. The molecule has 6 atom stereocenters. The minimum absolute atomic E-state index is 0.00342. The Hall–Kier alpha value is -5.66. The summed E-state index contributed by atoms with van der Waals surface area (Å²) in [5.74, 6) is -6.25. The molecular formula is C67H119N9O20. The van der Waals surface area contributed by atoms with Crippen molar-refractivity contribution >= 4 is 59.7 Å². The molecule has 0 spiro atoms. The highest BCUT2D eigenvalue weighted by molar-refractivity contribution is 5.77. The van der Waals surface area contributed by atoms with E-state index in [2.05, 4.69) is 5.32 Å². The average Bonchev–Trinajstić information content (AvgIpc) is 1.66. The molecule has 96 heavy (non-hydrogen) atoms. The summed E-state index contributed by atoms with van der Waals surface area (Å²) in [7, 11) is 0. The molecule has 1 aliphatic carbocycles. The fourth-order valence-electron chi connectivity index (χ4n) is 11.7. The first-order chi connectivity index (χ1) is 44.0. The van der Waals surface area contributed by atoms with Gasteiger partial charge in [-0.3, -0.25) is 92.5 Å². The summed E-state index contributed by atoms with van der Waals surface area (Å²) in [5.41, 5.74) is -4.01. The van der Waals surface area contributed by atoms with Gasteiger partial charge in [0, 0.05) is 125 Å². The Balaban J connectivity index is 0.000000500. The van der Waals surface area contributed by atoms with Crippen LogP contribution in [0.2, 0.25) is 0 Å². The summed E-state index contributed by atoms with van der Waals surface area (Å²) in [6.45, 7) is 41.7. The Labute approximate surface area is 570 Å². The van der Waals surface area contributed by atoms with Crippen molar-refractivity contribution in [2.75, 3.05) is 151 Å². The molecule has 552 valence electrons. The topological polar surface area (TPSA) is 323 Å². The second-order valence-corrected chi connectivity index (χ2v) is 31.3. The molecule has 29 heteroatoms. The number of nitrogens with zero attached hydrogens (tertiary/aromatic N) is 8. The Kier molecular flexibility index (Phi) is 33.0. The van der Waals surface area contributed by atoms with Crippen LogP contribution in [0.5, 0.6) is 0 Å². The molecule has 0 aromatic carbocycles. The van der Waals surface area contributed by atoms with Crippen LogP contribution in [0.3, 0.4) is 0 Å².